The summed E-state index contributed by atoms with van der Waals surface area (Å²) in [6.07, 6.45) is 0. The smallest absolute Gasteiger partial charge is 0.161 e. The van der Waals surface area contributed by atoms with Gasteiger partial charge in [0.25, 0.3) is 0 Å². The van der Waals surface area contributed by atoms with Gasteiger partial charge in [-0.3, -0.25) is 0 Å². The predicted molar refractivity (Wildman–Crippen MR) is 268 cm³/mol. The topological polar surface area (TPSA) is 148 Å². The molecular formula is C52H70Br2O16. The van der Waals surface area contributed by atoms with Crippen molar-refractivity contribution in [2.45, 2.75) is 26.4 Å². The second kappa shape index (κ2) is 38.2. The Morgan fingerprint density at radius 1 is 0.214 bits per heavy atom. The Morgan fingerprint density at radius 3 is 0.614 bits per heavy atom. The number of para-hydroxylation sites is 4. The third kappa shape index (κ3) is 24.8. The first-order valence-electron chi connectivity index (χ1n) is 23.8. The molecule has 0 unspecified atom stereocenters. The van der Waals surface area contributed by atoms with E-state index in [4.69, 9.17) is 75.8 Å². The summed E-state index contributed by atoms with van der Waals surface area (Å²) >= 11 is 7.43. The van der Waals surface area contributed by atoms with Gasteiger partial charge in [0, 0.05) is 8.95 Å². The molecule has 1 heterocycles. The van der Waals surface area contributed by atoms with Gasteiger partial charge in [-0.2, -0.15) is 0 Å². The lowest BCUT2D eigenvalue weighted by Crippen LogP contribution is -2.14. The number of ether oxygens (including phenoxy) is 16. The summed E-state index contributed by atoms with van der Waals surface area (Å²) in [4.78, 5) is 0. The van der Waals surface area contributed by atoms with Crippen LogP contribution in [0.2, 0.25) is 0 Å². The summed E-state index contributed by atoms with van der Waals surface area (Å²) in [5.41, 5.74) is 4.14. The number of fused-ring (bicyclic) bond motifs is 6. The van der Waals surface area contributed by atoms with Gasteiger partial charge in [0.1, 0.15) is 26.4 Å². The molecule has 0 aromatic heterocycles. The van der Waals surface area contributed by atoms with E-state index in [1.54, 1.807) is 0 Å². The summed E-state index contributed by atoms with van der Waals surface area (Å²) in [5, 5.41) is 0. The van der Waals surface area contributed by atoms with E-state index in [2.05, 4.69) is 31.9 Å². The Morgan fingerprint density at radius 2 is 0.400 bits per heavy atom. The van der Waals surface area contributed by atoms with Gasteiger partial charge in [0.15, 0.2) is 23.0 Å². The molecule has 4 aromatic carbocycles. The highest BCUT2D eigenvalue weighted by Crippen LogP contribution is 2.28. The maximum absolute atomic E-state index is 5.92. The van der Waals surface area contributed by atoms with Crippen LogP contribution in [0.3, 0.4) is 0 Å². The number of benzene rings is 4. The van der Waals surface area contributed by atoms with Gasteiger partial charge in [-0.15, -0.1) is 0 Å². The van der Waals surface area contributed by atoms with E-state index in [0.29, 0.717) is 208 Å². The van der Waals surface area contributed by atoms with Crippen molar-refractivity contribution in [2.75, 3.05) is 159 Å². The second-order valence-corrected chi connectivity index (χ2v) is 16.8. The number of hydrogen-bond acceptors (Lipinski definition) is 16. The molecule has 388 valence electrons. The van der Waals surface area contributed by atoms with E-state index in [-0.39, 0.29) is 0 Å². The first-order valence-corrected chi connectivity index (χ1v) is 25.4. The molecule has 0 fully saturated rings. The molecule has 0 saturated heterocycles. The summed E-state index contributed by atoms with van der Waals surface area (Å²) in [6, 6.07) is 27.2. The Labute approximate surface area is 429 Å². The van der Waals surface area contributed by atoms with Gasteiger partial charge < -0.3 is 75.8 Å². The molecule has 0 amide bonds. The fraction of sp³-hybridized carbons (Fsp3) is 0.538. The largest absolute Gasteiger partial charge is 0.487 e. The van der Waals surface area contributed by atoms with E-state index in [1.165, 1.54) is 0 Å². The van der Waals surface area contributed by atoms with Crippen molar-refractivity contribution in [3.63, 3.8) is 0 Å². The summed E-state index contributed by atoms with van der Waals surface area (Å²) in [5.74, 6) is 2.58. The Kier molecular flexibility index (Phi) is 31.4. The van der Waals surface area contributed by atoms with Crippen LogP contribution >= 0.6 is 31.9 Å². The van der Waals surface area contributed by atoms with Crippen molar-refractivity contribution >= 4 is 31.9 Å². The van der Waals surface area contributed by atoms with Gasteiger partial charge in [0.05, 0.1) is 159 Å². The van der Waals surface area contributed by atoms with Crippen LogP contribution in [0.5, 0.6) is 23.0 Å². The van der Waals surface area contributed by atoms with Crippen LogP contribution in [0, 0.1) is 0 Å². The van der Waals surface area contributed by atoms with Crippen molar-refractivity contribution in [1.82, 2.24) is 0 Å². The lowest BCUT2D eigenvalue weighted by atomic mass is 10.1. The summed E-state index contributed by atoms with van der Waals surface area (Å²) in [7, 11) is 0. The summed E-state index contributed by atoms with van der Waals surface area (Å²) in [6.45, 7) is 12.2. The average molecular weight is 1110 g/mol. The third-order valence-corrected chi connectivity index (χ3v) is 12.0. The van der Waals surface area contributed by atoms with E-state index in [1.807, 2.05) is 84.9 Å². The Balaban J connectivity index is 0.976. The van der Waals surface area contributed by atoms with Gasteiger partial charge in [-0.1, -0.05) is 92.5 Å². The van der Waals surface area contributed by atoms with Crippen LogP contribution in [-0.2, 0) is 83.3 Å². The molecule has 1 aliphatic rings. The quantitative estimate of drug-likeness (QED) is 0.167. The van der Waals surface area contributed by atoms with E-state index in [9.17, 15) is 0 Å². The molecule has 18 heteroatoms. The van der Waals surface area contributed by atoms with Crippen molar-refractivity contribution in [3.8, 4) is 23.0 Å². The molecule has 0 N–H and O–H groups in total. The van der Waals surface area contributed by atoms with Crippen LogP contribution < -0.4 is 18.9 Å². The zero-order valence-electron chi connectivity index (χ0n) is 40.2. The highest BCUT2D eigenvalue weighted by molar-refractivity contribution is 9.10. The molecule has 1 aliphatic heterocycles. The molecular weight excluding hydrogens is 1040 g/mol. The fourth-order valence-electron chi connectivity index (χ4n) is 6.42. The first-order chi connectivity index (χ1) is 34.7. The fourth-order valence-corrected chi connectivity index (χ4v) is 7.41. The van der Waals surface area contributed by atoms with Gasteiger partial charge in [0.2, 0.25) is 0 Å². The number of rotatable bonds is 0. The minimum Gasteiger partial charge on any atom is -0.487 e. The minimum absolute atomic E-state index is 0.375. The average Bonchev–Trinajstić information content (AvgIpc) is 3.37. The van der Waals surface area contributed by atoms with E-state index >= 15 is 0 Å². The van der Waals surface area contributed by atoms with E-state index in [0.717, 1.165) is 31.2 Å². The molecule has 4 aromatic rings. The molecule has 0 aliphatic carbocycles. The number of hydrogen-bond donors (Lipinski definition) is 0. The molecule has 4 bridgehead atoms. The predicted octanol–water partition coefficient (Wildman–Crippen LogP) is 8.04. The summed E-state index contributed by atoms with van der Waals surface area (Å²) < 4.78 is 94.7. The van der Waals surface area contributed by atoms with Crippen LogP contribution in [0.25, 0.3) is 0 Å². The zero-order valence-corrected chi connectivity index (χ0v) is 43.3. The molecule has 0 spiro atoms. The standard InChI is InChI=1S/C52H70Br2O16/c53-51-43-7-5-9-45(51)41-65-29-25-57-17-21-61-33-37-69-49-13-3-4-14-50(49)70-38-34-62-22-18-58-26-30-66-42-46-10-6-8-44(52(46)54)40-64-28-24-56-16-20-60-32-36-68-48-12-2-1-11-47(48)67-35-31-59-19-15-55-23-27-63-39-43/h1-14H,15-42H2. The second-order valence-electron chi connectivity index (χ2n) is 15.2. The lowest BCUT2D eigenvalue weighted by Gasteiger charge is -2.13. The van der Waals surface area contributed by atoms with Crippen LogP contribution in [-0.4, -0.2) is 159 Å². The zero-order chi connectivity index (χ0) is 48.8. The maximum atomic E-state index is 5.92. The Bertz CT molecular complexity index is 1680. The Hall–Kier alpha value is -3.44. The molecule has 5 rings (SSSR count). The maximum Gasteiger partial charge on any atom is 0.161 e. The normalized spacial score (nSPS) is 18.9. The molecule has 0 atom stereocenters. The minimum atomic E-state index is 0.375. The van der Waals surface area contributed by atoms with Crippen LogP contribution in [0.4, 0.5) is 0 Å². The van der Waals surface area contributed by atoms with Crippen molar-refractivity contribution in [3.05, 3.63) is 116 Å². The van der Waals surface area contributed by atoms with Gasteiger partial charge >= 0.3 is 0 Å². The van der Waals surface area contributed by atoms with Crippen molar-refractivity contribution in [2.24, 2.45) is 0 Å². The molecule has 70 heavy (non-hydrogen) atoms. The van der Waals surface area contributed by atoms with Crippen LogP contribution in [0.1, 0.15) is 22.3 Å². The van der Waals surface area contributed by atoms with E-state index < -0.39 is 0 Å². The molecule has 0 radical (unpaired) electrons. The molecule has 0 saturated carbocycles. The lowest BCUT2D eigenvalue weighted by molar-refractivity contribution is 0.00369. The van der Waals surface area contributed by atoms with Crippen LogP contribution in [0.15, 0.2) is 93.9 Å². The van der Waals surface area contributed by atoms with Crippen molar-refractivity contribution in [1.29, 1.82) is 0 Å². The third-order valence-electron chi connectivity index (χ3n) is 9.96. The highest BCUT2D eigenvalue weighted by atomic mass is 79.9. The number of halogens is 2. The van der Waals surface area contributed by atoms with Gasteiger partial charge in [-0.05, 0) is 46.5 Å². The van der Waals surface area contributed by atoms with Crippen molar-refractivity contribution < 1.29 is 75.8 Å². The molecule has 16 nitrogen and oxygen atoms in total. The SMILES string of the molecule is Brc1c2cccc1COCCOCCOCCOc1ccccc1OCCOCCOCCOCc1cccc(c1Br)COCCOCCOCCOc1ccccc1OCCOCCOCCOC2. The highest BCUT2D eigenvalue weighted by Gasteiger charge is 2.10. The van der Waals surface area contributed by atoms with Gasteiger partial charge in [-0.25, -0.2) is 0 Å². The first kappa shape index (κ1) is 57.5. The monoisotopic (exact) mass is 1110 g/mol.